The SMILES string of the molecule is Cc1nc2cc(C(F)(F)F)ccc2n1C1CCN([C@@H]2CN[C@H](C(=O)N3CCC(C)C3)C2)CC1. The van der Waals surface area contributed by atoms with Gasteiger partial charge >= 0.3 is 6.18 Å². The van der Waals surface area contributed by atoms with E-state index in [4.69, 9.17) is 0 Å². The van der Waals surface area contributed by atoms with Crippen molar-refractivity contribution in [3.63, 3.8) is 0 Å². The number of halogens is 3. The molecule has 180 valence electrons. The van der Waals surface area contributed by atoms with E-state index in [0.29, 0.717) is 17.5 Å². The van der Waals surface area contributed by atoms with Crippen molar-refractivity contribution in [3.8, 4) is 0 Å². The molecule has 1 amide bonds. The molecule has 3 atom stereocenters. The smallest absolute Gasteiger partial charge is 0.341 e. The van der Waals surface area contributed by atoms with Crippen LogP contribution in [0.2, 0.25) is 0 Å². The fraction of sp³-hybridized carbons (Fsp3) is 0.667. The standard InChI is InChI=1S/C24H32F3N5O/c1-15-5-8-31(14-15)23(33)21-12-19(13-28-21)30-9-6-18(7-10-30)32-16(2)29-20-11-17(24(25,26)27)3-4-22(20)32/h3-4,11,15,18-19,21,28H,5-10,12-14H2,1-2H3/t15?,19-,21-/m0/s1. The van der Waals surface area contributed by atoms with Crippen molar-refractivity contribution in [2.45, 2.75) is 63.8 Å². The maximum Gasteiger partial charge on any atom is 0.416 e. The van der Waals surface area contributed by atoms with Gasteiger partial charge in [-0.15, -0.1) is 0 Å². The van der Waals surface area contributed by atoms with Crippen molar-refractivity contribution >= 4 is 16.9 Å². The van der Waals surface area contributed by atoms with Crippen LogP contribution in [0.1, 0.15) is 50.0 Å². The van der Waals surface area contributed by atoms with Gasteiger partial charge in [-0.3, -0.25) is 9.69 Å². The number of likely N-dealkylation sites (tertiary alicyclic amines) is 2. The normalized spacial score (nSPS) is 27.7. The fourth-order valence-electron chi connectivity index (χ4n) is 5.90. The molecule has 6 nitrogen and oxygen atoms in total. The van der Waals surface area contributed by atoms with Crippen LogP contribution in [0.3, 0.4) is 0 Å². The van der Waals surface area contributed by atoms with E-state index in [1.807, 2.05) is 11.8 Å². The van der Waals surface area contributed by atoms with Gasteiger partial charge in [0.05, 0.1) is 22.6 Å². The summed E-state index contributed by atoms with van der Waals surface area (Å²) in [5.41, 5.74) is 0.519. The van der Waals surface area contributed by atoms with E-state index in [1.165, 1.54) is 0 Å². The summed E-state index contributed by atoms with van der Waals surface area (Å²) >= 11 is 0. The second kappa shape index (κ2) is 8.58. The van der Waals surface area contributed by atoms with Gasteiger partial charge in [-0.25, -0.2) is 4.98 Å². The molecule has 3 saturated heterocycles. The number of hydrogen-bond donors (Lipinski definition) is 1. The maximum absolute atomic E-state index is 13.1. The van der Waals surface area contributed by atoms with Crippen molar-refractivity contribution < 1.29 is 18.0 Å². The van der Waals surface area contributed by atoms with E-state index in [9.17, 15) is 18.0 Å². The number of nitrogens with zero attached hydrogens (tertiary/aromatic N) is 4. The number of carbonyl (C=O) groups is 1. The molecule has 4 heterocycles. The topological polar surface area (TPSA) is 53.4 Å². The number of rotatable bonds is 3. The molecule has 0 radical (unpaired) electrons. The number of aromatic nitrogens is 2. The van der Waals surface area contributed by atoms with Gasteiger partial charge in [0.1, 0.15) is 5.82 Å². The first-order valence-corrected chi connectivity index (χ1v) is 12.0. The molecule has 3 fully saturated rings. The number of benzene rings is 1. The van der Waals surface area contributed by atoms with Crippen molar-refractivity contribution in [2.24, 2.45) is 5.92 Å². The average molecular weight is 464 g/mol. The van der Waals surface area contributed by atoms with Crippen LogP contribution in [0, 0.1) is 12.8 Å². The Morgan fingerprint density at radius 3 is 2.55 bits per heavy atom. The molecule has 1 aromatic carbocycles. The number of fused-ring (bicyclic) bond motifs is 1. The number of aryl methyl sites for hydroxylation is 1. The Hall–Kier alpha value is -2.13. The van der Waals surface area contributed by atoms with Crippen molar-refractivity contribution in [1.29, 1.82) is 0 Å². The van der Waals surface area contributed by atoms with E-state index < -0.39 is 11.7 Å². The van der Waals surface area contributed by atoms with Crippen molar-refractivity contribution in [1.82, 2.24) is 24.7 Å². The largest absolute Gasteiger partial charge is 0.416 e. The van der Waals surface area contributed by atoms with Gasteiger partial charge in [-0.1, -0.05) is 6.92 Å². The van der Waals surface area contributed by atoms with E-state index in [-0.39, 0.29) is 18.0 Å². The summed E-state index contributed by atoms with van der Waals surface area (Å²) in [6.45, 7) is 8.47. The highest BCUT2D eigenvalue weighted by atomic mass is 19.4. The first kappa shape index (κ1) is 22.7. The summed E-state index contributed by atoms with van der Waals surface area (Å²) in [7, 11) is 0. The number of amides is 1. The third-order valence-corrected chi connectivity index (χ3v) is 7.72. The lowest BCUT2D eigenvalue weighted by Gasteiger charge is -2.36. The third kappa shape index (κ3) is 4.37. The average Bonchev–Trinajstić information content (AvgIpc) is 3.50. The molecular formula is C24H32F3N5O. The summed E-state index contributed by atoms with van der Waals surface area (Å²) in [5.74, 6) is 1.60. The van der Waals surface area contributed by atoms with Gasteiger partial charge in [0, 0.05) is 44.8 Å². The van der Waals surface area contributed by atoms with Crippen LogP contribution in [0.15, 0.2) is 18.2 Å². The van der Waals surface area contributed by atoms with Crippen LogP contribution in [0.4, 0.5) is 13.2 Å². The summed E-state index contributed by atoms with van der Waals surface area (Å²) < 4.78 is 41.4. The molecule has 1 aromatic heterocycles. The highest BCUT2D eigenvalue weighted by Gasteiger charge is 2.38. The van der Waals surface area contributed by atoms with Crippen LogP contribution in [0.5, 0.6) is 0 Å². The van der Waals surface area contributed by atoms with Crippen LogP contribution in [-0.2, 0) is 11.0 Å². The Bertz CT molecular complexity index is 1030. The lowest BCUT2D eigenvalue weighted by molar-refractivity contribution is -0.137. The highest BCUT2D eigenvalue weighted by Crippen LogP contribution is 2.34. The van der Waals surface area contributed by atoms with Crippen molar-refractivity contribution in [2.75, 3.05) is 32.7 Å². The Morgan fingerprint density at radius 1 is 1.12 bits per heavy atom. The zero-order valence-electron chi connectivity index (χ0n) is 19.2. The molecule has 33 heavy (non-hydrogen) atoms. The van der Waals surface area contributed by atoms with Gasteiger partial charge in [0.2, 0.25) is 5.91 Å². The maximum atomic E-state index is 13.1. The van der Waals surface area contributed by atoms with Crippen LogP contribution >= 0.6 is 0 Å². The Labute approximate surface area is 192 Å². The summed E-state index contributed by atoms with van der Waals surface area (Å²) in [4.78, 5) is 21.7. The zero-order chi connectivity index (χ0) is 23.3. The number of piperidine rings is 1. The second-order valence-electron chi connectivity index (χ2n) is 10.0. The molecule has 3 aliphatic heterocycles. The Kier molecular flexibility index (Phi) is 5.89. The molecule has 1 N–H and O–H groups in total. The van der Waals surface area contributed by atoms with Crippen LogP contribution in [0.25, 0.3) is 11.0 Å². The lowest BCUT2D eigenvalue weighted by Crippen LogP contribution is -2.43. The molecule has 5 rings (SSSR count). The van der Waals surface area contributed by atoms with Crippen molar-refractivity contribution in [3.05, 3.63) is 29.6 Å². The minimum absolute atomic E-state index is 0.0827. The number of alkyl halides is 3. The minimum Gasteiger partial charge on any atom is -0.341 e. The molecule has 0 bridgehead atoms. The van der Waals surface area contributed by atoms with Gasteiger partial charge < -0.3 is 14.8 Å². The molecular weight excluding hydrogens is 431 g/mol. The lowest BCUT2D eigenvalue weighted by atomic mass is 10.0. The van der Waals surface area contributed by atoms with Gasteiger partial charge in [-0.05, 0) is 56.7 Å². The van der Waals surface area contributed by atoms with Crippen LogP contribution in [-0.4, -0.2) is 70.1 Å². The van der Waals surface area contributed by atoms with E-state index >= 15 is 0 Å². The summed E-state index contributed by atoms with van der Waals surface area (Å²) in [5, 5.41) is 3.44. The first-order valence-electron chi connectivity index (χ1n) is 12.0. The molecule has 3 aliphatic rings. The first-order chi connectivity index (χ1) is 15.7. The number of imidazole rings is 1. The van der Waals surface area contributed by atoms with E-state index in [1.54, 1.807) is 6.07 Å². The van der Waals surface area contributed by atoms with Gasteiger partial charge in [0.15, 0.2) is 0 Å². The van der Waals surface area contributed by atoms with Gasteiger partial charge in [-0.2, -0.15) is 13.2 Å². The highest BCUT2D eigenvalue weighted by molar-refractivity contribution is 5.82. The number of hydrogen-bond acceptors (Lipinski definition) is 4. The predicted octanol–water partition coefficient (Wildman–Crippen LogP) is 3.60. The minimum atomic E-state index is -4.36. The predicted molar refractivity (Wildman–Crippen MR) is 120 cm³/mol. The Morgan fingerprint density at radius 2 is 1.88 bits per heavy atom. The molecule has 0 saturated carbocycles. The number of nitrogens with one attached hydrogen (secondary N) is 1. The quantitative estimate of drug-likeness (QED) is 0.756. The molecule has 0 spiro atoms. The molecule has 0 aliphatic carbocycles. The van der Waals surface area contributed by atoms with E-state index in [2.05, 4.69) is 26.7 Å². The van der Waals surface area contributed by atoms with E-state index in [0.717, 1.165) is 81.9 Å². The molecule has 9 heteroatoms. The monoisotopic (exact) mass is 463 g/mol. The molecule has 2 aromatic rings. The van der Waals surface area contributed by atoms with Crippen LogP contribution < -0.4 is 5.32 Å². The zero-order valence-corrected chi connectivity index (χ0v) is 19.2. The Balaban J connectivity index is 1.21. The fourth-order valence-corrected chi connectivity index (χ4v) is 5.90. The number of carbonyl (C=O) groups excluding carboxylic acids is 1. The third-order valence-electron chi connectivity index (χ3n) is 7.72. The van der Waals surface area contributed by atoms with Gasteiger partial charge in [0.25, 0.3) is 0 Å². The second-order valence-corrected chi connectivity index (χ2v) is 10.0. The summed E-state index contributed by atoms with van der Waals surface area (Å²) in [6.07, 6.45) is -0.576. The summed E-state index contributed by atoms with van der Waals surface area (Å²) in [6, 6.07) is 4.35. The molecule has 1 unspecified atom stereocenters.